The number of rotatable bonds is 4. The molecule has 0 aliphatic carbocycles. The molecule has 3 aromatic rings. The molecule has 0 unspecified atom stereocenters. The fourth-order valence-electron chi connectivity index (χ4n) is 3.26. The van der Waals surface area contributed by atoms with E-state index in [0.29, 0.717) is 11.3 Å². The van der Waals surface area contributed by atoms with E-state index in [1.165, 1.54) is 5.01 Å². The van der Waals surface area contributed by atoms with E-state index in [1.54, 1.807) is 0 Å². The van der Waals surface area contributed by atoms with Gasteiger partial charge in [-0.2, -0.15) is 10.1 Å². The minimum Gasteiger partial charge on any atom is -0.267 e. The number of benzene rings is 3. The number of carbonyl (C=O) groups excluding carboxylic acids is 1. The average molecular weight is 443 g/mol. The third-order valence-electron chi connectivity index (χ3n) is 4.69. The molecular weight excluding hydrogens is 424 g/mol. The number of para-hydroxylation sites is 1. The minimum absolute atomic E-state index is 0.118. The van der Waals surface area contributed by atoms with Crippen LogP contribution < -0.4 is 5.01 Å². The van der Waals surface area contributed by atoms with Crippen molar-refractivity contribution in [1.82, 2.24) is 0 Å². The summed E-state index contributed by atoms with van der Waals surface area (Å²) in [6, 6.07) is 27.5. The molecule has 3 aromatic carbocycles. The summed E-state index contributed by atoms with van der Waals surface area (Å²) in [5.74, 6) is -0.118. The molecule has 4 rings (SSSR count). The molecule has 1 aliphatic heterocycles. The highest BCUT2D eigenvalue weighted by atomic mass is 79.9. The molecule has 4 heteroatoms. The molecule has 0 bridgehead atoms. The van der Waals surface area contributed by atoms with Crippen LogP contribution in [0.15, 0.2) is 106 Å². The van der Waals surface area contributed by atoms with Crippen LogP contribution in [0, 0.1) is 0 Å². The topological polar surface area (TPSA) is 32.7 Å². The van der Waals surface area contributed by atoms with Crippen molar-refractivity contribution in [3.63, 3.8) is 0 Å². The first-order valence-corrected chi connectivity index (χ1v) is 10.1. The summed E-state index contributed by atoms with van der Waals surface area (Å²) in [6.45, 7) is 1.88. The molecule has 142 valence electrons. The fraction of sp³-hybridized carbons (Fsp3) is 0.0400. The molecule has 0 saturated heterocycles. The van der Waals surface area contributed by atoms with Gasteiger partial charge in [0.15, 0.2) is 0 Å². The maximum Gasteiger partial charge on any atom is 0.281 e. The number of hydrogen-bond acceptors (Lipinski definition) is 2. The lowest BCUT2D eigenvalue weighted by Gasteiger charge is -2.12. The molecule has 1 heterocycles. The highest BCUT2D eigenvalue weighted by Crippen LogP contribution is 2.30. The van der Waals surface area contributed by atoms with Crippen molar-refractivity contribution in [2.45, 2.75) is 6.92 Å². The van der Waals surface area contributed by atoms with E-state index < -0.39 is 0 Å². The number of carbonyl (C=O) groups is 1. The number of anilines is 1. The van der Waals surface area contributed by atoms with E-state index in [1.807, 2.05) is 104 Å². The fourth-order valence-corrected chi connectivity index (χ4v) is 3.52. The molecule has 0 aromatic heterocycles. The standard InChI is InChI=1S/C25H19BrN2O/c1-18-24(25(29)28(27-18)22-10-6-3-7-11-22)23(20-8-4-2-5-9-20)17-14-19-12-15-21(26)16-13-19/h2-17H,1H3. The Morgan fingerprint density at radius 1 is 0.897 bits per heavy atom. The van der Waals surface area contributed by atoms with Crippen molar-refractivity contribution in [3.05, 3.63) is 112 Å². The number of halogens is 1. The summed E-state index contributed by atoms with van der Waals surface area (Å²) < 4.78 is 1.03. The molecule has 0 radical (unpaired) electrons. The highest BCUT2D eigenvalue weighted by molar-refractivity contribution is 9.10. The van der Waals surface area contributed by atoms with E-state index in [2.05, 4.69) is 21.0 Å². The van der Waals surface area contributed by atoms with Gasteiger partial charge in [0.1, 0.15) is 0 Å². The van der Waals surface area contributed by atoms with Gasteiger partial charge in [-0.25, -0.2) is 0 Å². The van der Waals surface area contributed by atoms with Crippen molar-refractivity contribution in [2.24, 2.45) is 5.10 Å². The number of allylic oxidation sites excluding steroid dienone is 2. The van der Waals surface area contributed by atoms with Crippen molar-refractivity contribution in [1.29, 1.82) is 0 Å². The Morgan fingerprint density at radius 3 is 2.17 bits per heavy atom. The van der Waals surface area contributed by atoms with Crippen LogP contribution >= 0.6 is 15.9 Å². The zero-order chi connectivity index (χ0) is 20.2. The Kier molecular flexibility index (Phi) is 5.54. The van der Waals surface area contributed by atoms with Gasteiger partial charge >= 0.3 is 0 Å². The van der Waals surface area contributed by atoms with Gasteiger partial charge in [-0.3, -0.25) is 4.79 Å². The third kappa shape index (κ3) is 4.13. The molecule has 29 heavy (non-hydrogen) atoms. The van der Waals surface area contributed by atoms with E-state index in [4.69, 9.17) is 0 Å². The highest BCUT2D eigenvalue weighted by Gasteiger charge is 2.31. The summed E-state index contributed by atoms with van der Waals surface area (Å²) in [6.07, 6.45) is 4.02. The van der Waals surface area contributed by atoms with Crippen LogP contribution in [0.5, 0.6) is 0 Å². The van der Waals surface area contributed by atoms with Gasteiger partial charge in [-0.15, -0.1) is 0 Å². The molecule has 1 amide bonds. The van der Waals surface area contributed by atoms with Gasteiger partial charge in [-0.1, -0.05) is 88.7 Å². The summed E-state index contributed by atoms with van der Waals surface area (Å²) >= 11 is 3.46. The van der Waals surface area contributed by atoms with Crippen molar-refractivity contribution < 1.29 is 4.79 Å². The van der Waals surface area contributed by atoms with Crippen LogP contribution in [-0.4, -0.2) is 11.6 Å². The van der Waals surface area contributed by atoms with E-state index in [9.17, 15) is 4.79 Å². The number of amides is 1. The number of nitrogens with zero attached hydrogens (tertiary/aromatic N) is 2. The number of hydrazone groups is 1. The van der Waals surface area contributed by atoms with Gasteiger partial charge < -0.3 is 0 Å². The maximum absolute atomic E-state index is 13.3. The molecule has 0 atom stereocenters. The lowest BCUT2D eigenvalue weighted by molar-refractivity contribution is -0.114. The van der Waals surface area contributed by atoms with E-state index >= 15 is 0 Å². The summed E-state index contributed by atoms with van der Waals surface area (Å²) in [7, 11) is 0. The minimum atomic E-state index is -0.118. The van der Waals surface area contributed by atoms with E-state index in [0.717, 1.165) is 26.9 Å². The molecule has 0 saturated carbocycles. The Labute approximate surface area is 178 Å². The SMILES string of the molecule is CC1=NN(c2ccccc2)C(=O)C1=C(C=Cc1ccc(Br)cc1)c1ccccc1. The second-order valence-corrected chi connectivity index (χ2v) is 7.59. The quantitative estimate of drug-likeness (QED) is 0.433. The van der Waals surface area contributed by atoms with Crippen molar-refractivity contribution in [2.75, 3.05) is 5.01 Å². The molecule has 1 aliphatic rings. The second-order valence-electron chi connectivity index (χ2n) is 6.68. The van der Waals surface area contributed by atoms with Gasteiger partial charge in [-0.05, 0) is 47.9 Å². The molecular formula is C25H19BrN2O. The normalized spacial score (nSPS) is 15.7. The first-order chi connectivity index (χ1) is 14.1. The monoisotopic (exact) mass is 442 g/mol. The van der Waals surface area contributed by atoms with Crippen molar-refractivity contribution in [3.8, 4) is 0 Å². The molecule has 0 N–H and O–H groups in total. The van der Waals surface area contributed by atoms with Crippen LogP contribution in [0.3, 0.4) is 0 Å². The number of hydrogen-bond donors (Lipinski definition) is 0. The lowest BCUT2D eigenvalue weighted by atomic mass is 9.96. The second kappa shape index (κ2) is 8.41. The van der Waals surface area contributed by atoms with Crippen LogP contribution in [0.4, 0.5) is 5.69 Å². The van der Waals surface area contributed by atoms with Gasteiger partial charge in [0.25, 0.3) is 5.91 Å². The molecule has 3 nitrogen and oxygen atoms in total. The van der Waals surface area contributed by atoms with Crippen LogP contribution in [0.2, 0.25) is 0 Å². The van der Waals surface area contributed by atoms with Gasteiger partial charge in [0, 0.05) is 4.47 Å². The smallest absolute Gasteiger partial charge is 0.267 e. The molecule has 0 spiro atoms. The third-order valence-corrected chi connectivity index (χ3v) is 5.21. The van der Waals surface area contributed by atoms with Crippen molar-refractivity contribution >= 4 is 44.9 Å². The Morgan fingerprint density at radius 2 is 1.52 bits per heavy atom. The lowest BCUT2D eigenvalue weighted by Crippen LogP contribution is -2.21. The average Bonchev–Trinajstić information content (AvgIpc) is 3.05. The van der Waals surface area contributed by atoms with Gasteiger partial charge in [0.05, 0.1) is 17.0 Å². The summed E-state index contributed by atoms with van der Waals surface area (Å²) in [4.78, 5) is 13.3. The molecule has 0 fully saturated rings. The Balaban J connectivity index is 1.80. The van der Waals surface area contributed by atoms with Crippen LogP contribution in [0.25, 0.3) is 11.6 Å². The Hall–Kier alpha value is -3.24. The van der Waals surface area contributed by atoms with Crippen LogP contribution in [0.1, 0.15) is 18.1 Å². The summed E-state index contributed by atoms with van der Waals surface area (Å²) in [5.41, 5.74) is 4.98. The van der Waals surface area contributed by atoms with E-state index in [-0.39, 0.29) is 5.91 Å². The summed E-state index contributed by atoms with van der Waals surface area (Å²) in [5, 5.41) is 6.01. The Bertz CT molecular complexity index is 1110. The maximum atomic E-state index is 13.3. The largest absolute Gasteiger partial charge is 0.281 e. The van der Waals surface area contributed by atoms with Crippen LogP contribution in [-0.2, 0) is 4.79 Å². The first-order valence-electron chi connectivity index (χ1n) is 9.32. The predicted octanol–water partition coefficient (Wildman–Crippen LogP) is 6.34. The zero-order valence-corrected chi connectivity index (χ0v) is 17.5. The predicted molar refractivity (Wildman–Crippen MR) is 124 cm³/mol. The first kappa shape index (κ1) is 19.1. The van der Waals surface area contributed by atoms with Gasteiger partial charge in [0.2, 0.25) is 0 Å². The zero-order valence-electron chi connectivity index (χ0n) is 15.9.